The number of ether oxygens (including phenoxy) is 2. The van der Waals surface area contributed by atoms with Crippen molar-refractivity contribution in [1.82, 2.24) is 10.2 Å². The molecule has 4 aliphatic rings. The predicted molar refractivity (Wildman–Crippen MR) is 171 cm³/mol. The molecule has 1 spiro atoms. The zero-order valence-electron chi connectivity index (χ0n) is 25.8. The highest BCUT2D eigenvalue weighted by molar-refractivity contribution is 6.30. The molecule has 0 radical (unpaired) electrons. The van der Waals surface area contributed by atoms with Crippen LogP contribution in [0.4, 0.5) is 5.69 Å². The molecule has 8 atom stereocenters. The van der Waals surface area contributed by atoms with Crippen molar-refractivity contribution in [2.75, 3.05) is 18.1 Å². The Morgan fingerprint density at radius 3 is 2.48 bits per heavy atom. The molecule has 2 fully saturated rings. The number of nitrogens with zero attached hydrogens (tertiary/aromatic N) is 2. The fourth-order valence-corrected chi connectivity index (χ4v) is 7.43. The molecule has 3 amide bonds. The van der Waals surface area contributed by atoms with Crippen LogP contribution >= 0.6 is 11.6 Å². The molecule has 2 N–H and O–H groups in total. The predicted octanol–water partition coefficient (Wildman–Crippen LogP) is 3.73. The molecule has 0 aromatic heterocycles. The van der Waals surface area contributed by atoms with Crippen molar-refractivity contribution in [3.8, 4) is 0 Å². The molecule has 46 heavy (non-hydrogen) atoms. The Kier molecular flexibility index (Phi) is 9.05. The molecule has 4 aliphatic heterocycles. The number of benzene rings is 2. The van der Waals surface area contributed by atoms with Gasteiger partial charge in [-0.3, -0.25) is 19.2 Å². The van der Waals surface area contributed by atoms with E-state index in [9.17, 15) is 24.3 Å². The summed E-state index contributed by atoms with van der Waals surface area (Å²) in [5.41, 5.74) is -0.239. The van der Waals surface area contributed by atoms with E-state index >= 15 is 0 Å². The lowest BCUT2D eigenvalue weighted by atomic mass is 9.77. The number of rotatable bonds is 5. The van der Waals surface area contributed by atoms with Gasteiger partial charge in [-0.1, -0.05) is 73.2 Å². The quantitative estimate of drug-likeness (QED) is 0.374. The van der Waals surface area contributed by atoms with E-state index in [1.54, 1.807) is 60.4 Å². The van der Waals surface area contributed by atoms with Crippen molar-refractivity contribution >= 4 is 41.0 Å². The number of cyclic esters (lactones) is 1. The number of hydrogen-bond donors (Lipinski definition) is 2. The number of amides is 3. The van der Waals surface area contributed by atoms with Gasteiger partial charge in [0.2, 0.25) is 11.8 Å². The van der Waals surface area contributed by atoms with Crippen LogP contribution in [-0.2, 0) is 28.7 Å². The van der Waals surface area contributed by atoms with Crippen LogP contribution < -0.4 is 10.2 Å². The monoisotopic (exact) mass is 647 g/mol. The van der Waals surface area contributed by atoms with Crippen LogP contribution in [-0.4, -0.2) is 76.7 Å². The first-order chi connectivity index (χ1) is 22.2. The number of carbonyl (C=O) groups is 4. The van der Waals surface area contributed by atoms with Crippen molar-refractivity contribution < 1.29 is 33.8 Å². The van der Waals surface area contributed by atoms with Gasteiger partial charge in [0.1, 0.15) is 23.7 Å². The third kappa shape index (κ3) is 5.52. The summed E-state index contributed by atoms with van der Waals surface area (Å²) < 4.78 is 13.0. The number of anilines is 1. The second kappa shape index (κ2) is 13.0. The Bertz CT molecular complexity index is 1540. The SMILES string of the molecule is CC[C@@H](CO)N1C(=O)[C@@H]2[C@H]3C(=O)O[C@H](c4ccccc4)[C@@H](C)NC(=O)CC/C=C\[C@H]3O[C@@]23C=CCN(c2ccc(Cl)cc2)C(=O)[C@@H]13. The van der Waals surface area contributed by atoms with Gasteiger partial charge in [-0.2, -0.15) is 0 Å². The summed E-state index contributed by atoms with van der Waals surface area (Å²) in [6.07, 6.45) is 6.23. The lowest BCUT2D eigenvalue weighted by Gasteiger charge is -2.38. The summed E-state index contributed by atoms with van der Waals surface area (Å²) in [5, 5.41) is 13.9. The number of allylic oxidation sites excluding steroid dienone is 1. The normalized spacial score (nSPS) is 32.7. The highest BCUT2D eigenvalue weighted by atomic mass is 35.5. The average molecular weight is 648 g/mol. The van der Waals surface area contributed by atoms with E-state index in [1.807, 2.05) is 37.3 Å². The number of hydrogen-bond acceptors (Lipinski definition) is 7. The Balaban J connectivity index is 1.46. The highest BCUT2D eigenvalue weighted by Gasteiger charge is 2.72. The van der Waals surface area contributed by atoms with Crippen LogP contribution in [0.5, 0.6) is 0 Å². The van der Waals surface area contributed by atoms with E-state index in [1.165, 1.54) is 4.90 Å². The van der Waals surface area contributed by atoms with Crippen molar-refractivity contribution in [2.24, 2.45) is 11.8 Å². The largest absolute Gasteiger partial charge is 0.455 e. The van der Waals surface area contributed by atoms with Gasteiger partial charge in [0.25, 0.3) is 5.91 Å². The number of carbonyl (C=O) groups excluding carboxylic acids is 4. The van der Waals surface area contributed by atoms with Crippen LogP contribution in [0.2, 0.25) is 5.02 Å². The number of aliphatic hydroxyl groups is 1. The van der Waals surface area contributed by atoms with Crippen LogP contribution in [0.25, 0.3) is 0 Å². The number of halogens is 1. The Labute approximate surface area is 273 Å². The van der Waals surface area contributed by atoms with Gasteiger partial charge >= 0.3 is 5.97 Å². The first kappa shape index (κ1) is 32.0. The smallest absolute Gasteiger partial charge is 0.313 e. The first-order valence-corrected chi connectivity index (χ1v) is 16.1. The van der Waals surface area contributed by atoms with Crippen molar-refractivity contribution in [3.05, 3.63) is 89.5 Å². The molecule has 2 aromatic rings. The third-order valence-corrected chi connectivity index (χ3v) is 9.75. The lowest BCUT2D eigenvalue weighted by Crippen LogP contribution is -2.58. The number of nitrogens with one attached hydrogen (secondary N) is 1. The van der Waals surface area contributed by atoms with Gasteiger partial charge in [-0.25, -0.2) is 0 Å². The maximum Gasteiger partial charge on any atom is 0.313 e. The molecule has 0 unspecified atom stereocenters. The molecule has 4 heterocycles. The zero-order chi connectivity index (χ0) is 32.6. The van der Waals surface area contributed by atoms with Crippen LogP contribution in [0.1, 0.15) is 44.8 Å². The zero-order valence-corrected chi connectivity index (χ0v) is 26.5. The second-order valence-corrected chi connectivity index (χ2v) is 12.7. The minimum absolute atomic E-state index is 0.186. The fraction of sp³-hybridized carbons (Fsp3) is 0.429. The Morgan fingerprint density at radius 2 is 1.78 bits per heavy atom. The minimum Gasteiger partial charge on any atom is -0.455 e. The number of aliphatic hydroxyl groups excluding tert-OH is 1. The Hall–Kier alpha value is -3.99. The summed E-state index contributed by atoms with van der Waals surface area (Å²) in [7, 11) is 0. The van der Waals surface area contributed by atoms with Crippen molar-refractivity contribution in [1.29, 1.82) is 0 Å². The number of likely N-dealkylation sites (tertiary alicyclic amines) is 1. The molecule has 10 nitrogen and oxygen atoms in total. The highest BCUT2D eigenvalue weighted by Crippen LogP contribution is 2.54. The molecule has 11 heteroatoms. The third-order valence-electron chi connectivity index (χ3n) is 9.50. The molecule has 0 aliphatic carbocycles. The van der Waals surface area contributed by atoms with E-state index in [0.717, 1.165) is 0 Å². The Morgan fingerprint density at radius 1 is 1.04 bits per heavy atom. The van der Waals surface area contributed by atoms with Gasteiger partial charge in [0, 0.05) is 23.7 Å². The molecule has 2 saturated heterocycles. The van der Waals surface area contributed by atoms with Crippen LogP contribution in [0.3, 0.4) is 0 Å². The summed E-state index contributed by atoms with van der Waals surface area (Å²) >= 11 is 6.13. The number of fused-ring (bicyclic) bond motifs is 2. The number of esters is 1. The van der Waals surface area contributed by atoms with Gasteiger partial charge in [0.15, 0.2) is 0 Å². The average Bonchev–Trinajstić information content (AvgIpc) is 3.44. The van der Waals surface area contributed by atoms with Crippen LogP contribution in [0.15, 0.2) is 78.9 Å². The molecule has 6 rings (SSSR count). The van der Waals surface area contributed by atoms with Gasteiger partial charge in [0.05, 0.1) is 30.7 Å². The van der Waals surface area contributed by atoms with Gasteiger partial charge in [-0.05, 0) is 49.6 Å². The standard InChI is InChI=1S/C35H38ClN3O7/c1-3-24(20-40)39-31-33(43)38(25-16-14-23(36)15-17-25)19-9-18-35(31)29(32(39)42)28-26(46-35)12-7-8-13-27(41)37-21(2)30(45-34(28)44)22-10-5-4-6-11-22/h4-7,9-12,14-18,21,24,26,28-31,40H,3,8,13,19-20H2,1-2H3,(H,37,41)/b12-7-/t21-,24+,26-,28+,29+,30+,31-,35+/m1/s1. The summed E-state index contributed by atoms with van der Waals surface area (Å²) in [6, 6.07) is 13.6. The molecule has 0 bridgehead atoms. The summed E-state index contributed by atoms with van der Waals surface area (Å²) in [4.78, 5) is 59.3. The van der Waals surface area contributed by atoms with E-state index in [2.05, 4.69) is 5.32 Å². The fourth-order valence-electron chi connectivity index (χ4n) is 7.30. The first-order valence-electron chi connectivity index (χ1n) is 15.8. The van der Waals surface area contributed by atoms with E-state index in [-0.39, 0.29) is 25.5 Å². The van der Waals surface area contributed by atoms with Crippen LogP contribution in [0, 0.1) is 11.8 Å². The summed E-state index contributed by atoms with van der Waals surface area (Å²) in [5.74, 6) is -3.90. The maximum absolute atomic E-state index is 14.6. The molecule has 242 valence electrons. The van der Waals surface area contributed by atoms with Gasteiger partial charge in [-0.15, -0.1) is 0 Å². The minimum atomic E-state index is -1.52. The molecule has 2 aromatic carbocycles. The lowest BCUT2D eigenvalue weighted by molar-refractivity contribution is -0.161. The maximum atomic E-state index is 14.6. The van der Waals surface area contributed by atoms with E-state index in [4.69, 9.17) is 21.1 Å². The van der Waals surface area contributed by atoms with Crippen molar-refractivity contribution in [3.63, 3.8) is 0 Å². The van der Waals surface area contributed by atoms with Gasteiger partial charge < -0.3 is 29.7 Å². The molecular weight excluding hydrogens is 610 g/mol. The summed E-state index contributed by atoms with van der Waals surface area (Å²) in [6.45, 7) is 3.44. The molecule has 0 saturated carbocycles. The topological polar surface area (TPSA) is 125 Å². The van der Waals surface area contributed by atoms with Crippen molar-refractivity contribution in [2.45, 2.75) is 69.0 Å². The van der Waals surface area contributed by atoms with E-state index < -0.39 is 65.6 Å². The van der Waals surface area contributed by atoms with E-state index in [0.29, 0.717) is 29.1 Å². The molecular formula is C35H38ClN3O7. The second-order valence-electron chi connectivity index (χ2n) is 12.3.